The molecule has 0 unspecified atom stereocenters. The van der Waals surface area contributed by atoms with Gasteiger partial charge in [0.25, 0.3) is 6.10 Å². The van der Waals surface area contributed by atoms with Crippen LogP contribution < -0.4 is 4.90 Å². The quantitative estimate of drug-likeness (QED) is 0.564. The van der Waals surface area contributed by atoms with E-state index in [0.717, 1.165) is 35.7 Å². The highest BCUT2D eigenvalue weighted by atomic mass is 35.5. The van der Waals surface area contributed by atoms with Crippen molar-refractivity contribution in [2.45, 2.75) is 38.3 Å². The number of carbonyl (C=O) groups is 1. The van der Waals surface area contributed by atoms with Crippen LogP contribution in [-0.4, -0.2) is 73.6 Å². The van der Waals surface area contributed by atoms with E-state index in [1.807, 2.05) is 17.0 Å². The summed E-state index contributed by atoms with van der Waals surface area (Å²) in [4.78, 5) is 17.0. The van der Waals surface area contributed by atoms with E-state index >= 15 is 0 Å². The first-order chi connectivity index (χ1) is 14.8. The molecule has 0 radical (unpaired) electrons. The summed E-state index contributed by atoms with van der Waals surface area (Å²) in [6.07, 6.45) is -16.1. The minimum Gasteiger partial charge on any atom is -0.426 e. The Balaban J connectivity index is 1.59. The number of anilines is 1. The van der Waals surface area contributed by atoms with Crippen molar-refractivity contribution in [3.05, 3.63) is 28.8 Å². The van der Waals surface area contributed by atoms with E-state index in [-0.39, 0.29) is 26.2 Å². The van der Waals surface area contributed by atoms with Crippen molar-refractivity contribution in [2.24, 2.45) is 5.92 Å². The predicted octanol–water partition coefficient (Wildman–Crippen LogP) is 4.93. The summed E-state index contributed by atoms with van der Waals surface area (Å²) in [5.41, 5.74) is 2.04. The number of hydrogen-bond acceptors (Lipinski definition) is 4. The number of alkyl halides is 6. The molecular formula is C20H24ClF6N3O2. The molecular weight excluding hydrogens is 464 g/mol. The molecule has 0 N–H and O–H groups in total. The van der Waals surface area contributed by atoms with E-state index in [1.54, 1.807) is 6.07 Å². The van der Waals surface area contributed by atoms with E-state index in [2.05, 4.69) is 16.6 Å². The molecule has 0 aromatic heterocycles. The van der Waals surface area contributed by atoms with Crippen LogP contribution in [0.2, 0.25) is 5.02 Å². The maximum absolute atomic E-state index is 12.6. The van der Waals surface area contributed by atoms with Gasteiger partial charge in [-0.2, -0.15) is 26.3 Å². The minimum absolute atomic E-state index is 0.0368. The lowest BCUT2D eigenvalue weighted by Gasteiger charge is -2.36. The normalized spacial score (nSPS) is 20.8. The van der Waals surface area contributed by atoms with E-state index in [0.29, 0.717) is 17.5 Å². The number of carbonyl (C=O) groups excluding carboxylic acids is 1. The summed E-state index contributed by atoms with van der Waals surface area (Å²) in [6, 6.07) is 5.59. The van der Waals surface area contributed by atoms with Gasteiger partial charge in [0.05, 0.1) is 0 Å². The molecule has 32 heavy (non-hydrogen) atoms. The first-order valence-corrected chi connectivity index (χ1v) is 10.6. The summed E-state index contributed by atoms with van der Waals surface area (Å²) in [7, 11) is 0. The largest absolute Gasteiger partial charge is 0.434 e. The zero-order chi connectivity index (χ0) is 23.7. The van der Waals surface area contributed by atoms with Crippen LogP contribution in [0.25, 0.3) is 0 Å². The summed E-state index contributed by atoms with van der Waals surface area (Å²) < 4.78 is 79.6. The second-order valence-corrected chi connectivity index (χ2v) is 8.66. The SMILES string of the molecule is C[C@H]1CCN(c2cc(Cl)ccc2CN2CCN(C(=O)OC(C(F)(F)F)C(F)(F)F)CC2)C1. The highest BCUT2D eigenvalue weighted by molar-refractivity contribution is 6.30. The topological polar surface area (TPSA) is 36.0 Å². The molecule has 0 spiro atoms. The van der Waals surface area contributed by atoms with Crippen LogP contribution in [0, 0.1) is 5.92 Å². The smallest absolute Gasteiger partial charge is 0.426 e. The monoisotopic (exact) mass is 487 g/mol. The van der Waals surface area contributed by atoms with Gasteiger partial charge < -0.3 is 14.5 Å². The molecule has 12 heteroatoms. The number of nitrogens with zero attached hydrogens (tertiary/aromatic N) is 3. The first kappa shape index (κ1) is 24.8. The van der Waals surface area contributed by atoms with Gasteiger partial charge in [-0.05, 0) is 30.0 Å². The van der Waals surface area contributed by atoms with Crippen LogP contribution >= 0.6 is 11.6 Å². The van der Waals surface area contributed by atoms with Crippen molar-refractivity contribution in [1.82, 2.24) is 9.80 Å². The molecule has 2 heterocycles. The van der Waals surface area contributed by atoms with Gasteiger partial charge in [-0.3, -0.25) is 4.90 Å². The molecule has 2 saturated heterocycles. The zero-order valence-corrected chi connectivity index (χ0v) is 18.1. The van der Waals surface area contributed by atoms with Crippen LogP contribution in [0.15, 0.2) is 18.2 Å². The Kier molecular flexibility index (Phi) is 7.38. The van der Waals surface area contributed by atoms with E-state index < -0.39 is 24.5 Å². The highest BCUT2D eigenvalue weighted by Crippen LogP contribution is 2.36. The minimum atomic E-state index is -5.73. The maximum Gasteiger partial charge on any atom is 0.434 e. The molecule has 180 valence electrons. The second kappa shape index (κ2) is 9.54. The average molecular weight is 488 g/mol. The molecule has 2 fully saturated rings. The molecule has 0 saturated carbocycles. The van der Waals surface area contributed by atoms with Crippen LogP contribution in [0.4, 0.5) is 36.8 Å². The summed E-state index contributed by atoms with van der Waals surface area (Å²) in [6.45, 7) is 5.02. The zero-order valence-electron chi connectivity index (χ0n) is 17.3. The maximum atomic E-state index is 12.6. The Labute approximate surface area is 186 Å². The number of hydrogen-bond donors (Lipinski definition) is 0. The molecule has 2 aliphatic rings. The fourth-order valence-corrected chi connectivity index (χ4v) is 4.11. The summed E-state index contributed by atoms with van der Waals surface area (Å²) in [5, 5.41) is 0.611. The van der Waals surface area contributed by atoms with Crippen molar-refractivity contribution in [3.63, 3.8) is 0 Å². The highest BCUT2D eigenvalue weighted by Gasteiger charge is 2.60. The molecule has 1 aromatic carbocycles. The second-order valence-electron chi connectivity index (χ2n) is 8.22. The Morgan fingerprint density at radius 3 is 2.25 bits per heavy atom. The van der Waals surface area contributed by atoms with Crippen LogP contribution in [-0.2, 0) is 11.3 Å². The van der Waals surface area contributed by atoms with Gasteiger partial charge in [-0.15, -0.1) is 0 Å². The molecule has 2 aliphatic heterocycles. The van der Waals surface area contributed by atoms with Crippen LogP contribution in [0.5, 0.6) is 0 Å². The van der Waals surface area contributed by atoms with E-state index in [4.69, 9.17) is 11.6 Å². The standard InChI is InChI=1S/C20H24ClF6N3O2/c1-13-4-5-30(11-13)16-10-15(21)3-2-14(16)12-28-6-8-29(9-7-28)18(31)32-17(19(22,23)24)20(25,26)27/h2-3,10,13,17H,4-9,11-12H2,1H3/t13-/m0/s1. The molecule has 0 aliphatic carbocycles. The number of benzene rings is 1. The van der Waals surface area contributed by atoms with Gasteiger partial charge in [0.15, 0.2) is 0 Å². The Bertz CT molecular complexity index is 798. The third kappa shape index (κ3) is 6.12. The average Bonchev–Trinajstić information content (AvgIpc) is 3.12. The van der Waals surface area contributed by atoms with Gasteiger partial charge in [0.2, 0.25) is 0 Å². The summed E-state index contributed by atoms with van der Waals surface area (Å²) >= 11 is 6.18. The van der Waals surface area contributed by atoms with Gasteiger partial charge >= 0.3 is 18.4 Å². The Morgan fingerprint density at radius 1 is 1.09 bits per heavy atom. The fraction of sp³-hybridized carbons (Fsp3) is 0.650. The van der Waals surface area contributed by atoms with Crippen molar-refractivity contribution in [1.29, 1.82) is 0 Å². The molecule has 5 nitrogen and oxygen atoms in total. The predicted molar refractivity (Wildman–Crippen MR) is 107 cm³/mol. The third-order valence-corrected chi connectivity index (χ3v) is 5.88. The van der Waals surface area contributed by atoms with Crippen LogP contribution in [0.1, 0.15) is 18.9 Å². The van der Waals surface area contributed by atoms with Gasteiger partial charge in [-0.25, -0.2) is 4.79 Å². The third-order valence-electron chi connectivity index (χ3n) is 5.65. The van der Waals surface area contributed by atoms with Crippen molar-refractivity contribution < 1.29 is 35.9 Å². The lowest BCUT2D eigenvalue weighted by atomic mass is 10.1. The van der Waals surface area contributed by atoms with E-state index in [9.17, 15) is 31.1 Å². The fourth-order valence-electron chi connectivity index (χ4n) is 3.94. The number of piperazine rings is 1. The Hall–Kier alpha value is -1.88. The van der Waals surface area contributed by atoms with Crippen LogP contribution in [0.3, 0.4) is 0 Å². The molecule has 1 aromatic rings. The molecule has 1 amide bonds. The van der Waals surface area contributed by atoms with Crippen molar-refractivity contribution in [3.8, 4) is 0 Å². The lowest BCUT2D eigenvalue weighted by molar-refractivity contribution is -0.308. The number of amides is 1. The van der Waals surface area contributed by atoms with Gasteiger partial charge in [0, 0.05) is 56.5 Å². The van der Waals surface area contributed by atoms with Crippen molar-refractivity contribution >= 4 is 23.4 Å². The lowest BCUT2D eigenvalue weighted by Crippen LogP contribution is -2.52. The number of rotatable bonds is 4. The van der Waals surface area contributed by atoms with Gasteiger partial charge in [0.1, 0.15) is 0 Å². The molecule has 0 bridgehead atoms. The van der Waals surface area contributed by atoms with E-state index in [1.165, 1.54) is 0 Å². The van der Waals surface area contributed by atoms with Gasteiger partial charge in [-0.1, -0.05) is 24.6 Å². The summed E-state index contributed by atoms with van der Waals surface area (Å²) in [5.74, 6) is 0.564. The number of halogens is 7. The van der Waals surface area contributed by atoms with Crippen molar-refractivity contribution in [2.75, 3.05) is 44.2 Å². The molecule has 3 rings (SSSR count). The first-order valence-electron chi connectivity index (χ1n) is 10.2. The Morgan fingerprint density at radius 2 is 1.72 bits per heavy atom. The number of ether oxygens (including phenoxy) is 1. The molecule has 1 atom stereocenters.